The number of hydrogen-bond donors (Lipinski definition) is 2. The number of allylic oxidation sites excluding steroid dienone is 1. The third-order valence-electron chi connectivity index (χ3n) is 2.78. The molecule has 0 heterocycles. The first-order valence-corrected chi connectivity index (χ1v) is 6.27. The highest BCUT2D eigenvalue weighted by atomic mass is 16.5. The molecule has 0 saturated heterocycles. The van der Waals surface area contributed by atoms with Gasteiger partial charge in [0.1, 0.15) is 12.5 Å². The molecule has 2 aromatic rings. The molecule has 2 rings (SSSR count). The number of carbonyl (C=O) groups excluding carboxylic acids is 2. The number of phenols is 2. The van der Waals surface area contributed by atoms with Gasteiger partial charge in [0.15, 0.2) is 17.3 Å². The van der Waals surface area contributed by atoms with Crippen molar-refractivity contribution >= 4 is 18.6 Å². The van der Waals surface area contributed by atoms with Crippen molar-refractivity contribution in [3.63, 3.8) is 0 Å². The second kappa shape index (κ2) is 8.26. The van der Waals surface area contributed by atoms with Gasteiger partial charge in [-0.15, -0.1) is 0 Å². The van der Waals surface area contributed by atoms with Crippen LogP contribution in [0.25, 0.3) is 6.08 Å². The molecule has 5 nitrogen and oxygen atoms in total. The topological polar surface area (TPSA) is 83.8 Å². The lowest BCUT2D eigenvalue weighted by Crippen LogP contribution is -1.93. The van der Waals surface area contributed by atoms with E-state index >= 15 is 0 Å². The van der Waals surface area contributed by atoms with Crippen molar-refractivity contribution in [1.29, 1.82) is 0 Å². The van der Waals surface area contributed by atoms with Crippen molar-refractivity contribution in [3.05, 3.63) is 59.7 Å². The molecule has 0 amide bonds. The molecule has 0 fully saturated rings. The monoisotopic (exact) mass is 300 g/mol. The normalized spacial score (nSPS) is 9.86. The Morgan fingerprint density at radius 2 is 1.73 bits per heavy atom. The summed E-state index contributed by atoms with van der Waals surface area (Å²) in [6, 6.07) is 10.9. The van der Waals surface area contributed by atoms with Crippen LogP contribution in [0.5, 0.6) is 17.2 Å². The summed E-state index contributed by atoms with van der Waals surface area (Å²) in [6.45, 7) is 2.00. The predicted octanol–water partition coefficient (Wildman–Crippen LogP) is 2.82. The molecule has 5 heteroatoms. The molecule has 0 radical (unpaired) electrons. The van der Waals surface area contributed by atoms with Crippen LogP contribution in [0.2, 0.25) is 0 Å². The Balaban J connectivity index is 0.00000116. The summed E-state index contributed by atoms with van der Waals surface area (Å²) >= 11 is 0. The van der Waals surface area contributed by atoms with E-state index in [1.54, 1.807) is 30.3 Å². The van der Waals surface area contributed by atoms with Crippen LogP contribution in [0, 0.1) is 0 Å². The van der Waals surface area contributed by atoms with Crippen LogP contribution in [-0.2, 0) is 4.79 Å². The van der Waals surface area contributed by atoms with E-state index in [1.165, 1.54) is 31.4 Å². The molecule has 2 aromatic carbocycles. The maximum atomic E-state index is 11.9. The molecule has 0 saturated carbocycles. The van der Waals surface area contributed by atoms with E-state index in [-0.39, 0.29) is 17.3 Å². The quantitative estimate of drug-likeness (QED) is 0.670. The number of benzene rings is 2. The fraction of sp³-hybridized carbons (Fsp3) is 0.0588. The second-order valence-corrected chi connectivity index (χ2v) is 4.18. The number of aromatic hydroxyl groups is 2. The third-order valence-corrected chi connectivity index (χ3v) is 2.78. The van der Waals surface area contributed by atoms with Gasteiger partial charge in [-0.2, -0.15) is 0 Å². The Labute approximate surface area is 128 Å². The highest BCUT2D eigenvalue weighted by Gasteiger charge is 2.03. The highest BCUT2D eigenvalue weighted by molar-refractivity contribution is 6.06. The molecule has 0 aliphatic carbocycles. The van der Waals surface area contributed by atoms with Crippen molar-refractivity contribution in [2.45, 2.75) is 0 Å². The van der Waals surface area contributed by atoms with Gasteiger partial charge in [-0.25, -0.2) is 0 Å². The van der Waals surface area contributed by atoms with E-state index in [2.05, 4.69) is 0 Å². The lowest BCUT2D eigenvalue weighted by molar-refractivity contribution is -0.0980. The van der Waals surface area contributed by atoms with E-state index in [1.807, 2.05) is 6.79 Å². The molecule has 0 atom stereocenters. The predicted molar refractivity (Wildman–Crippen MR) is 83.3 cm³/mol. The molecule has 0 aliphatic heterocycles. The SMILES string of the molecule is C=O.COc1cc(C=CC(=O)c2ccc(O)cc2)ccc1O. The van der Waals surface area contributed by atoms with Crippen molar-refractivity contribution in [1.82, 2.24) is 0 Å². The first-order chi connectivity index (χ1) is 10.6. The average Bonchev–Trinajstić information content (AvgIpc) is 2.56. The number of rotatable bonds is 4. The summed E-state index contributed by atoms with van der Waals surface area (Å²) in [4.78, 5) is 19.9. The number of ketones is 1. The minimum Gasteiger partial charge on any atom is -0.508 e. The fourth-order valence-electron chi connectivity index (χ4n) is 1.69. The Bertz CT molecular complexity index is 659. The van der Waals surface area contributed by atoms with Gasteiger partial charge in [-0.05, 0) is 48.0 Å². The lowest BCUT2D eigenvalue weighted by atomic mass is 10.1. The highest BCUT2D eigenvalue weighted by Crippen LogP contribution is 2.26. The molecule has 0 unspecified atom stereocenters. The molecule has 22 heavy (non-hydrogen) atoms. The maximum absolute atomic E-state index is 11.9. The van der Waals surface area contributed by atoms with Crippen LogP contribution in [0.15, 0.2) is 48.5 Å². The third kappa shape index (κ3) is 4.49. The Hall–Kier alpha value is -3.08. The van der Waals surface area contributed by atoms with Gasteiger partial charge in [0, 0.05) is 5.56 Å². The van der Waals surface area contributed by atoms with Crippen LogP contribution < -0.4 is 4.74 Å². The molecular weight excluding hydrogens is 284 g/mol. The van der Waals surface area contributed by atoms with Gasteiger partial charge < -0.3 is 19.7 Å². The van der Waals surface area contributed by atoms with Crippen molar-refractivity contribution in [2.24, 2.45) is 0 Å². The van der Waals surface area contributed by atoms with Gasteiger partial charge in [0.2, 0.25) is 0 Å². The Kier molecular flexibility index (Phi) is 6.37. The van der Waals surface area contributed by atoms with Crippen LogP contribution >= 0.6 is 0 Å². The standard InChI is InChI=1S/C16H14O4.CH2O/c1-20-16-10-11(3-9-15(16)19)2-8-14(18)12-4-6-13(17)7-5-12;1-2/h2-10,17,19H,1H3;1H2. The second-order valence-electron chi connectivity index (χ2n) is 4.18. The van der Waals surface area contributed by atoms with Gasteiger partial charge in [-0.3, -0.25) is 4.79 Å². The summed E-state index contributed by atoms with van der Waals surface area (Å²) in [7, 11) is 1.46. The molecule has 0 bridgehead atoms. The molecule has 0 aromatic heterocycles. The number of phenolic OH excluding ortho intramolecular Hbond substituents is 2. The fourth-order valence-corrected chi connectivity index (χ4v) is 1.69. The molecule has 2 N–H and O–H groups in total. The zero-order valence-corrected chi connectivity index (χ0v) is 12.0. The lowest BCUT2D eigenvalue weighted by Gasteiger charge is -2.03. The van der Waals surface area contributed by atoms with Gasteiger partial charge in [0.25, 0.3) is 0 Å². The smallest absolute Gasteiger partial charge is 0.185 e. The van der Waals surface area contributed by atoms with E-state index < -0.39 is 0 Å². The Morgan fingerprint density at radius 3 is 2.32 bits per heavy atom. The maximum Gasteiger partial charge on any atom is 0.185 e. The largest absolute Gasteiger partial charge is 0.508 e. The first-order valence-electron chi connectivity index (χ1n) is 6.27. The molecular formula is C17H16O5. The van der Waals surface area contributed by atoms with Crippen molar-refractivity contribution in [3.8, 4) is 17.2 Å². The minimum atomic E-state index is -0.169. The first kappa shape index (κ1) is 17.0. The summed E-state index contributed by atoms with van der Waals surface area (Å²) in [6.07, 6.45) is 3.06. The van der Waals surface area contributed by atoms with Crippen LogP contribution in [0.1, 0.15) is 15.9 Å². The van der Waals surface area contributed by atoms with Crippen LogP contribution in [0.4, 0.5) is 0 Å². The zero-order valence-electron chi connectivity index (χ0n) is 12.0. The summed E-state index contributed by atoms with van der Waals surface area (Å²) < 4.78 is 4.99. The van der Waals surface area contributed by atoms with E-state index in [9.17, 15) is 9.90 Å². The summed E-state index contributed by atoms with van der Waals surface area (Å²) in [5, 5.41) is 18.6. The summed E-state index contributed by atoms with van der Waals surface area (Å²) in [5.41, 5.74) is 1.23. The van der Waals surface area contributed by atoms with Crippen LogP contribution in [0.3, 0.4) is 0 Å². The van der Waals surface area contributed by atoms with E-state index in [4.69, 9.17) is 14.6 Å². The van der Waals surface area contributed by atoms with Gasteiger partial charge >= 0.3 is 0 Å². The molecule has 0 aliphatic rings. The molecule has 0 spiro atoms. The number of hydrogen-bond acceptors (Lipinski definition) is 5. The van der Waals surface area contributed by atoms with Crippen LogP contribution in [-0.4, -0.2) is 29.9 Å². The zero-order chi connectivity index (χ0) is 16.5. The summed E-state index contributed by atoms with van der Waals surface area (Å²) in [5.74, 6) is 0.351. The average molecular weight is 300 g/mol. The van der Waals surface area contributed by atoms with E-state index in [0.29, 0.717) is 11.3 Å². The van der Waals surface area contributed by atoms with Crippen molar-refractivity contribution < 1.29 is 24.5 Å². The minimum absolute atomic E-state index is 0.0505. The van der Waals surface area contributed by atoms with Gasteiger partial charge in [-0.1, -0.05) is 12.1 Å². The van der Waals surface area contributed by atoms with Gasteiger partial charge in [0.05, 0.1) is 7.11 Å². The number of ether oxygens (including phenoxy) is 1. The van der Waals surface area contributed by atoms with E-state index in [0.717, 1.165) is 5.56 Å². The Morgan fingerprint density at radius 1 is 1.09 bits per heavy atom. The van der Waals surface area contributed by atoms with Crippen molar-refractivity contribution in [2.75, 3.05) is 7.11 Å². The molecule has 114 valence electrons. The number of methoxy groups -OCH3 is 1. The number of carbonyl (C=O) groups is 2.